The number of aromatic nitrogens is 1. The standard InChI is InChI=1S/C27H27N5/c1-4-23-22-8-5-9-25-27(22,15-14-24(30-25)19-7-6-16-29-17-19)32(31-23)21-12-10-20(11-13-21)26(2,3)18-28/h5-17,22-23,31H,4H2,1-3H3. The number of pyridine rings is 1. The van der Waals surface area contributed by atoms with E-state index in [1.807, 2.05) is 32.2 Å². The number of dihydropyridines is 1. The summed E-state index contributed by atoms with van der Waals surface area (Å²) in [5.41, 5.74) is 7.89. The summed E-state index contributed by atoms with van der Waals surface area (Å²) in [5, 5.41) is 11.8. The van der Waals surface area contributed by atoms with E-state index in [1.54, 1.807) is 6.20 Å². The fraction of sp³-hybridized carbons (Fsp3) is 0.296. The van der Waals surface area contributed by atoms with Gasteiger partial charge in [-0.2, -0.15) is 5.26 Å². The Labute approximate surface area is 189 Å². The van der Waals surface area contributed by atoms with Crippen LogP contribution in [0.1, 0.15) is 38.3 Å². The van der Waals surface area contributed by atoms with Gasteiger partial charge < -0.3 is 0 Å². The number of hydrazine groups is 1. The first-order chi connectivity index (χ1) is 15.5. The van der Waals surface area contributed by atoms with Crippen LogP contribution in [0.4, 0.5) is 5.69 Å². The van der Waals surface area contributed by atoms with Crippen molar-refractivity contribution in [2.45, 2.75) is 44.2 Å². The van der Waals surface area contributed by atoms with Crippen molar-refractivity contribution in [1.82, 2.24) is 10.4 Å². The molecule has 1 aliphatic carbocycles. The predicted molar refractivity (Wildman–Crippen MR) is 128 cm³/mol. The number of allylic oxidation sites excluding steroid dienone is 3. The Morgan fingerprint density at radius 2 is 2.03 bits per heavy atom. The van der Waals surface area contributed by atoms with Gasteiger partial charge in [-0.3, -0.25) is 9.99 Å². The lowest BCUT2D eigenvalue weighted by Crippen LogP contribution is -2.52. The predicted octanol–water partition coefficient (Wildman–Crippen LogP) is 4.85. The lowest BCUT2D eigenvalue weighted by Gasteiger charge is -2.43. The molecule has 5 rings (SSSR count). The number of benzene rings is 1. The van der Waals surface area contributed by atoms with Crippen LogP contribution in [0.15, 0.2) is 89.9 Å². The van der Waals surface area contributed by atoms with E-state index in [-0.39, 0.29) is 5.92 Å². The van der Waals surface area contributed by atoms with Crippen LogP contribution in [-0.4, -0.2) is 22.3 Å². The summed E-state index contributed by atoms with van der Waals surface area (Å²) in [6.45, 7) is 6.11. The van der Waals surface area contributed by atoms with E-state index in [4.69, 9.17) is 4.99 Å². The highest BCUT2D eigenvalue weighted by atomic mass is 15.6. The Bertz CT molecular complexity index is 1180. The largest absolute Gasteiger partial charge is 0.291 e. The van der Waals surface area contributed by atoms with Gasteiger partial charge in [-0.15, -0.1) is 0 Å². The van der Waals surface area contributed by atoms with Gasteiger partial charge in [-0.1, -0.05) is 31.2 Å². The second-order valence-electron chi connectivity index (χ2n) is 9.12. The van der Waals surface area contributed by atoms with Crippen molar-refractivity contribution in [2.75, 3.05) is 5.01 Å². The summed E-state index contributed by atoms with van der Waals surface area (Å²) in [6.07, 6.45) is 15.6. The topological polar surface area (TPSA) is 64.3 Å². The van der Waals surface area contributed by atoms with Crippen molar-refractivity contribution < 1.29 is 0 Å². The Balaban J connectivity index is 1.58. The van der Waals surface area contributed by atoms with Crippen LogP contribution in [0, 0.1) is 17.2 Å². The fourth-order valence-electron chi connectivity index (χ4n) is 4.95. The Hall–Kier alpha value is -3.49. The Kier molecular flexibility index (Phi) is 4.83. The smallest absolute Gasteiger partial charge is 0.124 e. The van der Waals surface area contributed by atoms with Crippen molar-refractivity contribution >= 4 is 11.4 Å². The minimum Gasteiger partial charge on any atom is -0.291 e. The second-order valence-corrected chi connectivity index (χ2v) is 9.12. The maximum absolute atomic E-state index is 9.51. The average Bonchev–Trinajstić information content (AvgIpc) is 3.17. The number of nitrogens with zero attached hydrogens (tertiary/aromatic N) is 4. The van der Waals surface area contributed by atoms with Gasteiger partial charge in [-0.25, -0.2) is 10.4 Å². The highest BCUT2D eigenvalue weighted by Gasteiger charge is 2.55. The first kappa shape index (κ1) is 20.4. The summed E-state index contributed by atoms with van der Waals surface area (Å²) in [7, 11) is 0. The second kappa shape index (κ2) is 7.58. The molecular weight excluding hydrogens is 394 g/mol. The number of anilines is 1. The summed E-state index contributed by atoms with van der Waals surface area (Å²) < 4.78 is 0. The minimum atomic E-state index is -0.518. The van der Waals surface area contributed by atoms with Gasteiger partial charge in [0.1, 0.15) is 5.54 Å². The molecule has 0 radical (unpaired) electrons. The number of aliphatic imine (C=N–C) groups is 1. The van der Waals surface area contributed by atoms with E-state index in [2.05, 4.69) is 83.1 Å². The molecule has 1 saturated heterocycles. The lowest BCUT2D eigenvalue weighted by atomic mass is 9.73. The van der Waals surface area contributed by atoms with Crippen molar-refractivity contribution in [3.63, 3.8) is 0 Å². The van der Waals surface area contributed by atoms with Crippen LogP contribution in [0.25, 0.3) is 0 Å². The molecule has 1 N–H and O–H groups in total. The van der Waals surface area contributed by atoms with Crippen molar-refractivity contribution in [2.24, 2.45) is 10.9 Å². The molecule has 0 bridgehead atoms. The van der Waals surface area contributed by atoms with E-state index in [0.29, 0.717) is 6.04 Å². The lowest BCUT2D eigenvalue weighted by molar-refractivity contribution is 0.446. The zero-order valence-electron chi connectivity index (χ0n) is 18.7. The molecular formula is C27H27N5. The molecule has 3 unspecified atom stereocenters. The van der Waals surface area contributed by atoms with Crippen LogP contribution < -0.4 is 10.4 Å². The molecule has 3 heterocycles. The molecule has 160 valence electrons. The third-order valence-electron chi connectivity index (χ3n) is 6.85. The highest BCUT2D eigenvalue weighted by Crippen LogP contribution is 2.48. The van der Waals surface area contributed by atoms with E-state index in [0.717, 1.165) is 34.6 Å². The maximum atomic E-state index is 9.51. The van der Waals surface area contributed by atoms with Gasteiger partial charge in [0, 0.05) is 29.9 Å². The average molecular weight is 422 g/mol. The Morgan fingerprint density at radius 3 is 2.72 bits per heavy atom. The van der Waals surface area contributed by atoms with Gasteiger partial charge in [0.15, 0.2) is 0 Å². The van der Waals surface area contributed by atoms with Crippen molar-refractivity contribution in [3.8, 4) is 6.07 Å². The quantitative estimate of drug-likeness (QED) is 0.766. The summed E-state index contributed by atoms with van der Waals surface area (Å²) in [6, 6.07) is 15.0. The third kappa shape index (κ3) is 3.03. The van der Waals surface area contributed by atoms with E-state index < -0.39 is 11.0 Å². The van der Waals surface area contributed by atoms with Gasteiger partial charge in [0.25, 0.3) is 0 Å². The number of nitrogens with one attached hydrogen (secondary N) is 1. The van der Waals surface area contributed by atoms with Gasteiger partial charge in [0.2, 0.25) is 0 Å². The van der Waals surface area contributed by atoms with Crippen LogP contribution in [0.5, 0.6) is 0 Å². The molecule has 1 spiro atoms. The molecule has 2 aliphatic heterocycles. The maximum Gasteiger partial charge on any atom is 0.124 e. The fourth-order valence-corrected chi connectivity index (χ4v) is 4.95. The van der Waals surface area contributed by atoms with Crippen molar-refractivity contribution in [1.29, 1.82) is 5.26 Å². The van der Waals surface area contributed by atoms with E-state index in [9.17, 15) is 5.26 Å². The molecule has 32 heavy (non-hydrogen) atoms. The molecule has 0 amide bonds. The number of nitriles is 1. The van der Waals surface area contributed by atoms with Crippen LogP contribution in [0.3, 0.4) is 0 Å². The molecule has 3 atom stereocenters. The van der Waals surface area contributed by atoms with Crippen LogP contribution in [-0.2, 0) is 5.41 Å². The molecule has 3 aliphatic rings. The molecule has 0 saturated carbocycles. The molecule has 1 aromatic heterocycles. The van der Waals surface area contributed by atoms with E-state index >= 15 is 0 Å². The number of rotatable bonds is 4. The number of hydrogen-bond donors (Lipinski definition) is 1. The third-order valence-corrected chi connectivity index (χ3v) is 6.85. The zero-order valence-corrected chi connectivity index (χ0v) is 18.7. The first-order valence-corrected chi connectivity index (χ1v) is 11.1. The van der Waals surface area contributed by atoms with Crippen molar-refractivity contribution in [3.05, 3.63) is 96.0 Å². The normalized spacial score (nSPS) is 26.1. The molecule has 5 nitrogen and oxygen atoms in total. The molecule has 2 aromatic rings. The van der Waals surface area contributed by atoms with Crippen LogP contribution in [0.2, 0.25) is 0 Å². The molecule has 1 fully saturated rings. The first-order valence-electron chi connectivity index (χ1n) is 11.1. The van der Waals surface area contributed by atoms with Crippen LogP contribution >= 0.6 is 0 Å². The van der Waals surface area contributed by atoms with Gasteiger partial charge in [-0.05, 0) is 68.3 Å². The molecule has 1 aromatic carbocycles. The molecule has 5 heteroatoms. The van der Waals surface area contributed by atoms with E-state index in [1.165, 1.54) is 0 Å². The summed E-state index contributed by atoms with van der Waals surface area (Å²) in [5.74, 6) is 0.262. The number of hydrogen-bond acceptors (Lipinski definition) is 5. The Morgan fingerprint density at radius 1 is 1.22 bits per heavy atom. The zero-order chi connectivity index (χ0) is 22.3. The summed E-state index contributed by atoms with van der Waals surface area (Å²) in [4.78, 5) is 9.35. The monoisotopic (exact) mass is 421 g/mol. The minimum absolute atomic E-state index is 0.262. The summed E-state index contributed by atoms with van der Waals surface area (Å²) >= 11 is 0. The SMILES string of the molecule is CCC1NN(c2ccc(C(C)(C)C#N)cc2)C23C=CC(c4cccnc4)=NC2=CC=CC13. The van der Waals surface area contributed by atoms with Gasteiger partial charge in [0.05, 0.1) is 28.6 Å². The van der Waals surface area contributed by atoms with Gasteiger partial charge >= 0.3 is 0 Å². The highest BCUT2D eigenvalue weighted by molar-refractivity contribution is 6.10.